The summed E-state index contributed by atoms with van der Waals surface area (Å²) in [7, 11) is -3.73. The van der Waals surface area contributed by atoms with Crippen molar-refractivity contribution in [2.24, 2.45) is 11.1 Å². The predicted molar refractivity (Wildman–Crippen MR) is 112 cm³/mol. The number of carbonyl (C=O) groups excluding carboxylic acids is 1. The van der Waals surface area contributed by atoms with Gasteiger partial charge in [0.1, 0.15) is 0 Å². The summed E-state index contributed by atoms with van der Waals surface area (Å²) in [5, 5.41) is 8.21. The molecule has 0 spiro atoms. The average molecular weight is 403 g/mol. The fourth-order valence-electron chi connectivity index (χ4n) is 3.11. The van der Waals surface area contributed by atoms with E-state index in [9.17, 15) is 13.2 Å². The lowest BCUT2D eigenvalue weighted by molar-refractivity contribution is -0.121. The quantitative estimate of drug-likeness (QED) is 0.702. The summed E-state index contributed by atoms with van der Waals surface area (Å²) >= 11 is 0. The van der Waals surface area contributed by atoms with Gasteiger partial charge in [0.25, 0.3) is 0 Å². The standard InChI is InChI=1S/C22H30N2O3S/c1-5-16(4)18-8-10-19(11-9-18)22(15(2)3)24-21(25)14-17-6-12-20(13-7-17)28(23,26)27/h6-13,15-16,22H,5,14H2,1-4H3,(H,24,25)(H2,23,26,27). The Morgan fingerprint density at radius 1 is 0.964 bits per heavy atom. The number of benzene rings is 2. The Bertz CT molecular complexity index is 888. The molecular weight excluding hydrogens is 372 g/mol. The van der Waals surface area contributed by atoms with Crippen molar-refractivity contribution in [2.75, 3.05) is 0 Å². The normalized spacial score (nSPS) is 13.9. The van der Waals surface area contributed by atoms with Gasteiger partial charge >= 0.3 is 0 Å². The number of nitrogens with two attached hydrogens (primary N) is 1. The van der Waals surface area contributed by atoms with E-state index in [2.05, 4.69) is 57.3 Å². The van der Waals surface area contributed by atoms with Gasteiger partial charge in [0.05, 0.1) is 17.4 Å². The second-order valence-electron chi connectivity index (χ2n) is 7.63. The summed E-state index contributed by atoms with van der Waals surface area (Å²) < 4.78 is 22.7. The zero-order chi connectivity index (χ0) is 20.9. The molecule has 5 nitrogen and oxygen atoms in total. The van der Waals surface area contributed by atoms with Crippen LogP contribution in [0.4, 0.5) is 0 Å². The first-order chi connectivity index (χ1) is 13.1. The first-order valence-electron chi connectivity index (χ1n) is 9.62. The third kappa shape index (κ3) is 5.91. The maximum absolute atomic E-state index is 12.5. The second-order valence-corrected chi connectivity index (χ2v) is 9.19. The SMILES string of the molecule is CCC(C)c1ccc(C(NC(=O)Cc2ccc(S(N)(=O)=O)cc2)C(C)C)cc1. The smallest absolute Gasteiger partial charge is 0.238 e. The fourth-order valence-corrected chi connectivity index (χ4v) is 3.62. The van der Waals surface area contributed by atoms with Crippen LogP contribution >= 0.6 is 0 Å². The molecule has 1 amide bonds. The van der Waals surface area contributed by atoms with Crippen molar-refractivity contribution < 1.29 is 13.2 Å². The highest BCUT2D eigenvalue weighted by Crippen LogP contribution is 2.25. The summed E-state index contributed by atoms with van der Waals surface area (Å²) in [6.07, 6.45) is 1.27. The molecule has 0 fully saturated rings. The molecule has 2 rings (SSSR count). The Balaban J connectivity index is 2.08. The first-order valence-corrected chi connectivity index (χ1v) is 11.2. The fraction of sp³-hybridized carbons (Fsp3) is 0.409. The molecule has 2 aromatic rings. The van der Waals surface area contributed by atoms with Crippen LogP contribution in [0, 0.1) is 5.92 Å². The van der Waals surface area contributed by atoms with Crippen LogP contribution in [-0.4, -0.2) is 14.3 Å². The van der Waals surface area contributed by atoms with Crippen LogP contribution < -0.4 is 10.5 Å². The molecule has 28 heavy (non-hydrogen) atoms. The van der Waals surface area contributed by atoms with Crippen LogP contribution in [0.25, 0.3) is 0 Å². The van der Waals surface area contributed by atoms with Crippen molar-refractivity contribution in [3.63, 3.8) is 0 Å². The third-order valence-corrected chi connectivity index (χ3v) is 6.01. The molecule has 0 bridgehead atoms. The summed E-state index contributed by atoms with van der Waals surface area (Å²) in [4.78, 5) is 12.6. The third-order valence-electron chi connectivity index (χ3n) is 5.08. The Hall–Kier alpha value is -2.18. The summed E-state index contributed by atoms with van der Waals surface area (Å²) in [6, 6.07) is 14.4. The van der Waals surface area contributed by atoms with Gasteiger partial charge in [-0.05, 0) is 47.1 Å². The van der Waals surface area contributed by atoms with Crippen LogP contribution in [0.2, 0.25) is 0 Å². The summed E-state index contributed by atoms with van der Waals surface area (Å²) in [5.41, 5.74) is 3.12. The molecule has 2 unspecified atom stereocenters. The lowest BCUT2D eigenvalue weighted by Crippen LogP contribution is -2.32. The maximum Gasteiger partial charge on any atom is 0.238 e. The average Bonchev–Trinajstić information content (AvgIpc) is 2.65. The molecule has 3 N–H and O–H groups in total. The van der Waals surface area contributed by atoms with E-state index in [0.717, 1.165) is 17.5 Å². The summed E-state index contributed by atoms with van der Waals surface area (Å²) in [6.45, 7) is 8.53. The molecule has 0 aromatic heterocycles. The number of hydrogen-bond acceptors (Lipinski definition) is 3. The lowest BCUT2D eigenvalue weighted by atomic mass is 9.92. The van der Waals surface area contributed by atoms with E-state index in [-0.39, 0.29) is 29.2 Å². The second kappa shape index (κ2) is 9.34. The van der Waals surface area contributed by atoms with Gasteiger partial charge in [0.15, 0.2) is 0 Å². The monoisotopic (exact) mass is 402 g/mol. The zero-order valence-corrected chi connectivity index (χ0v) is 17.8. The van der Waals surface area contributed by atoms with E-state index in [1.54, 1.807) is 12.1 Å². The van der Waals surface area contributed by atoms with Crippen molar-refractivity contribution in [3.05, 3.63) is 65.2 Å². The van der Waals surface area contributed by atoms with Gasteiger partial charge in [-0.2, -0.15) is 0 Å². The Morgan fingerprint density at radius 2 is 1.50 bits per heavy atom. The van der Waals surface area contributed by atoms with E-state index in [1.165, 1.54) is 17.7 Å². The highest BCUT2D eigenvalue weighted by Gasteiger charge is 2.19. The molecule has 2 atom stereocenters. The lowest BCUT2D eigenvalue weighted by Gasteiger charge is -2.24. The number of primary sulfonamides is 1. The van der Waals surface area contributed by atoms with Gasteiger partial charge in [0, 0.05) is 0 Å². The highest BCUT2D eigenvalue weighted by atomic mass is 32.2. The number of amides is 1. The zero-order valence-electron chi connectivity index (χ0n) is 17.0. The number of rotatable bonds is 8. The minimum atomic E-state index is -3.73. The van der Waals surface area contributed by atoms with Gasteiger partial charge in [-0.1, -0.05) is 64.1 Å². The van der Waals surface area contributed by atoms with Gasteiger partial charge < -0.3 is 5.32 Å². The van der Waals surface area contributed by atoms with Crippen molar-refractivity contribution in [1.29, 1.82) is 0 Å². The van der Waals surface area contributed by atoms with E-state index >= 15 is 0 Å². The van der Waals surface area contributed by atoms with Crippen molar-refractivity contribution in [2.45, 2.75) is 57.4 Å². The van der Waals surface area contributed by atoms with Gasteiger partial charge in [-0.25, -0.2) is 13.6 Å². The van der Waals surface area contributed by atoms with Crippen LogP contribution in [0.5, 0.6) is 0 Å². The van der Waals surface area contributed by atoms with Gasteiger partial charge in [0.2, 0.25) is 15.9 Å². The Morgan fingerprint density at radius 3 is 1.96 bits per heavy atom. The Kier molecular flexibility index (Phi) is 7.38. The molecule has 0 aliphatic heterocycles. The maximum atomic E-state index is 12.5. The van der Waals surface area contributed by atoms with E-state index < -0.39 is 10.0 Å². The van der Waals surface area contributed by atoms with Crippen LogP contribution in [0.15, 0.2) is 53.4 Å². The van der Waals surface area contributed by atoms with Crippen molar-refractivity contribution in [1.82, 2.24) is 5.32 Å². The molecule has 0 aliphatic rings. The van der Waals surface area contributed by atoms with E-state index in [0.29, 0.717) is 5.92 Å². The van der Waals surface area contributed by atoms with E-state index in [4.69, 9.17) is 5.14 Å². The predicted octanol–water partition coefficient (Wildman–Crippen LogP) is 3.90. The van der Waals surface area contributed by atoms with Crippen molar-refractivity contribution >= 4 is 15.9 Å². The minimum absolute atomic E-state index is 0.0399. The molecule has 0 heterocycles. The number of sulfonamides is 1. The number of carbonyl (C=O) groups is 1. The molecule has 0 saturated heterocycles. The largest absolute Gasteiger partial charge is 0.349 e. The highest BCUT2D eigenvalue weighted by molar-refractivity contribution is 7.89. The molecule has 0 radical (unpaired) electrons. The van der Waals surface area contributed by atoms with Crippen LogP contribution in [-0.2, 0) is 21.2 Å². The van der Waals surface area contributed by atoms with E-state index in [1.807, 2.05) is 0 Å². The summed E-state index contributed by atoms with van der Waals surface area (Å²) in [5.74, 6) is 0.651. The first kappa shape index (κ1) is 22.1. The topological polar surface area (TPSA) is 89.3 Å². The number of hydrogen-bond donors (Lipinski definition) is 2. The van der Waals surface area contributed by atoms with Crippen LogP contribution in [0.1, 0.15) is 62.8 Å². The molecule has 6 heteroatoms. The molecule has 0 aliphatic carbocycles. The Labute approximate surface area is 168 Å². The van der Waals surface area contributed by atoms with Gasteiger partial charge in [-0.3, -0.25) is 4.79 Å². The number of nitrogens with one attached hydrogen (secondary N) is 1. The molecular formula is C22H30N2O3S. The minimum Gasteiger partial charge on any atom is -0.349 e. The molecule has 0 saturated carbocycles. The van der Waals surface area contributed by atoms with Gasteiger partial charge in [-0.15, -0.1) is 0 Å². The molecule has 152 valence electrons. The molecule has 2 aromatic carbocycles. The van der Waals surface area contributed by atoms with Crippen molar-refractivity contribution in [3.8, 4) is 0 Å². The van der Waals surface area contributed by atoms with Crippen LogP contribution in [0.3, 0.4) is 0 Å².